The van der Waals surface area contributed by atoms with Gasteiger partial charge in [-0.2, -0.15) is 0 Å². The molecule has 0 bridgehead atoms. The monoisotopic (exact) mass is 382 g/mol. The van der Waals surface area contributed by atoms with Crippen molar-refractivity contribution < 1.29 is 4.52 Å². The van der Waals surface area contributed by atoms with Crippen molar-refractivity contribution in [2.24, 2.45) is 0 Å². The summed E-state index contributed by atoms with van der Waals surface area (Å²) in [6.07, 6.45) is 0. The summed E-state index contributed by atoms with van der Waals surface area (Å²) in [5.74, 6) is 0.370. The molecular weight excluding hydrogens is 371 g/mol. The van der Waals surface area contributed by atoms with Crippen molar-refractivity contribution in [1.82, 2.24) is 5.16 Å². The van der Waals surface area contributed by atoms with E-state index in [1.165, 1.54) is 9.13 Å². The normalized spacial score (nSPS) is 10.8. The minimum atomic E-state index is 0.370. The molecule has 0 fully saturated rings. The van der Waals surface area contributed by atoms with Crippen LogP contribution in [0.4, 0.5) is 5.88 Å². The van der Waals surface area contributed by atoms with E-state index in [1.807, 2.05) is 29.6 Å². The Morgan fingerprint density at radius 3 is 2.84 bits per heavy atom. The van der Waals surface area contributed by atoms with Crippen LogP contribution in [0.1, 0.15) is 5.56 Å². The Morgan fingerprint density at radius 1 is 1.26 bits per heavy atom. The minimum Gasteiger partial charge on any atom is -0.367 e. The number of nitrogens with zero attached hydrogens (tertiary/aromatic N) is 1. The quantitative estimate of drug-likeness (QED) is 0.661. The van der Waals surface area contributed by atoms with Crippen molar-refractivity contribution >= 4 is 39.8 Å². The Balaban J connectivity index is 2.25. The van der Waals surface area contributed by atoms with Crippen LogP contribution >= 0.6 is 33.9 Å². The molecule has 0 aliphatic heterocycles. The van der Waals surface area contributed by atoms with Gasteiger partial charge in [0.1, 0.15) is 5.69 Å². The molecular formula is C14H11IN2OS. The van der Waals surface area contributed by atoms with Gasteiger partial charge in [-0.25, -0.2) is 0 Å². The summed E-state index contributed by atoms with van der Waals surface area (Å²) in [5.41, 5.74) is 9.91. The highest BCUT2D eigenvalue weighted by Gasteiger charge is 2.20. The van der Waals surface area contributed by atoms with Gasteiger partial charge in [-0.05, 0) is 46.5 Å². The van der Waals surface area contributed by atoms with E-state index in [0.717, 1.165) is 21.7 Å². The van der Waals surface area contributed by atoms with E-state index in [-0.39, 0.29) is 0 Å². The highest BCUT2D eigenvalue weighted by molar-refractivity contribution is 14.1. The molecule has 5 heteroatoms. The third-order valence-electron chi connectivity index (χ3n) is 2.93. The summed E-state index contributed by atoms with van der Waals surface area (Å²) in [6.45, 7) is 2.08. The van der Waals surface area contributed by atoms with Crippen LogP contribution in [0.2, 0.25) is 0 Å². The third-order valence-corrected chi connectivity index (χ3v) is 5.25. The minimum absolute atomic E-state index is 0.370. The number of thiophene rings is 1. The van der Waals surface area contributed by atoms with Gasteiger partial charge < -0.3 is 10.3 Å². The van der Waals surface area contributed by atoms with Crippen LogP contribution < -0.4 is 5.73 Å². The molecule has 96 valence electrons. The molecule has 0 saturated carbocycles. The van der Waals surface area contributed by atoms with Gasteiger partial charge in [0.05, 0.1) is 5.56 Å². The summed E-state index contributed by atoms with van der Waals surface area (Å²) in [6, 6.07) is 10.2. The van der Waals surface area contributed by atoms with E-state index in [4.69, 9.17) is 10.3 Å². The van der Waals surface area contributed by atoms with Crippen LogP contribution in [0.3, 0.4) is 0 Å². The smallest absolute Gasteiger partial charge is 0.231 e. The van der Waals surface area contributed by atoms with Crippen molar-refractivity contribution in [1.29, 1.82) is 0 Å². The molecule has 0 amide bonds. The molecule has 3 nitrogen and oxygen atoms in total. The molecule has 0 unspecified atom stereocenters. The number of hydrogen-bond donors (Lipinski definition) is 1. The van der Waals surface area contributed by atoms with Crippen LogP contribution in [0.25, 0.3) is 21.7 Å². The van der Waals surface area contributed by atoms with Crippen LogP contribution in [0, 0.1) is 10.5 Å². The molecule has 1 aromatic carbocycles. The molecule has 0 aliphatic carbocycles. The van der Waals surface area contributed by atoms with Crippen LogP contribution in [-0.2, 0) is 0 Å². The lowest BCUT2D eigenvalue weighted by atomic mass is 10.0. The van der Waals surface area contributed by atoms with E-state index in [9.17, 15) is 0 Å². The van der Waals surface area contributed by atoms with Crippen molar-refractivity contribution in [2.45, 2.75) is 6.92 Å². The lowest BCUT2D eigenvalue weighted by molar-refractivity contribution is 0.439. The Kier molecular flexibility index (Phi) is 3.32. The van der Waals surface area contributed by atoms with Crippen LogP contribution in [0.15, 0.2) is 40.2 Å². The second-order valence-corrected chi connectivity index (χ2v) is 6.21. The summed E-state index contributed by atoms with van der Waals surface area (Å²) in [7, 11) is 0. The lowest BCUT2D eigenvalue weighted by Crippen LogP contribution is -1.89. The van der Waals surface area contributed by atoms with Gasteiger partial charge in [-0.15, -0.1) is 11.3 Å². The van der Waals surface area contributed by atoms with Crippen LogP contribution in [-0.4, -0.2) is 5.16 Å². The maximum Gasteiger partial charge on any atom is 0.231 e. The van der Waals surface area contributed by atoms with Gasteiger partial charge in [0, 0.05) is 14.0 Å². The average Bonchev–Trinajstić information content (AvgIpc) is 3.02. The lowest BCUT2D eigenvalue weighted by Gasteiger charge is -2.05. The predicted molar refractivity (Wildman–Crippen MR) is 87.1 cm³/mol. The number of halogens is 1. The highest BCUT2D eigenvalue weighted by atomic mass is 127. The zero-order valence-corrected chi connectivity index (χ0v) is 13.2. The van der Waals surface area contributed by atoms with Gasteiger partial charge in [0.15, 0.2) is 0 Å². The third kappa shape index (κ3) is 2.17. The van der Waals surface area contributed by atoms with E-state index in [0.29, 0.717) is 5.88 Å². The molecule has 2 aromatic heterocycles. The molecule has 0 radical (unpaired) electrons. The second kappa shape index (κ2) is 4.97. The van der Waals surface area contributed by atoms with Gasteiger partial charge in [-0.1, -0.05) is 29.4 Å². The molecule has 0 saturated heterocycles. The number of aryl methyl sites for hydroxylation is 1. The van der Waals surface area contributed by atoms with Crippen molar-refractivity contribution in [3.8, 4) is 21.7 Å². The molecule has 19 heavy (non-hydrogen) atoms. The molecule has 3 rings (SSSR count). The van der Waals surface area contributed by atoms with Gasteiger partial charge in [0.2, 0.25) is 5.88 Å². The number of aromatic nitrogens is 1. The number of rotatable bonds is 2. The zero-order valence-electron chi connectivity index (χ0n) is 10.2. The fourth-order valence-electron chi connectivity index (χ4n) is 1.98. The standard InChI is InChI=1S/C14H11IN2OS/c1-8-4-2-5-9(12(8)15)13-11(14(16)18-17-13)10-6-3-7-19-10/h2-7H,16H2,1H3. The van der Waals surface area contributed by atoms with E-state index in [2.05, 4.69) is 40.7 Å². The molecule has 0 aliphatic rings. The molecule has 0 spiro atoms. The first-order valence-corrected chi connectivity index (χ1v) is 7.69. The number of nitrogen functional groups attached to an aromatic ring is 1. The number of nitrogens with two attached hydrogens (primary N) is 1. The van der Waals surface area contributed by atoms with E-state index in [1.54, 1.807) is 11.3 Å². The number of anilines is 1. The topological polar surface area (TPSA) is 52.0 Å². The van der Waals surface area contributed by atoms with Crippen molar-refractivity contribution in [3.63, 3.8) is 0 Å². The fourth-order valence-corrected chi connectivity index (χ4v) is 3.37. The summed E-state index contributed by atoms with van der Waals surface area (Å²) in [4.78, 5) is 1.08. The molecule has 2 N–H and O–H groups in total. The first-order chi connectivity index (χ1) is 9.18. The molecule has 2 heterocycles. The Hall–Kier alpha value is -1.34. The first kappa shape index (κ1) is 12.7. The zero-order chi connectivity index (χ0) is 13.4. The van der Waals surface area contributed by atoms with E-state index >= 15 is 0 Å². The predicted octanol–water partition coefficient (Wildman–Crippen LogP) is 4.57. The first-order valence-electron chi connectivity index (χ1n) is 5.73. The maximum absolute atomic E-state index is 5.93. The summed E-state index contributed by atoms with van der Waals surface area (Å²) in [5, 5.41) is 6.17. The average molecular weight is 382 g/mol. The second-order valence-electron chi connectivity index (χ2n) is 4.18. The molecule has 3 aromatic rings. The summed E-state index contributed by atoms with van der Waals surface area (Å²) >= 11 is 3.96. The Morgan fingerprint density at radius 2 is 2.11 bits per heavy atom. The number of hydrogen-bond acceptors (Lipinski definition) is 4. The van der Waals surface area contributed by atoms with Gasteiger partial charge >= 0.3 is 0 Å². The fraction of sp³-hybridized carbons (Fsp3) is 0.0714. The summed E-state index contributed by atoms with van der Waals surface area (Å²) < 4.78 is 6.37. The maximum atomic E-state index is 5.93. The molecule has 0 atom stereocenters. The van der Waals surface area contributed by atoms with Crippen molar-refractivity contribution in [3.05, 3.63) is 44.8 Å². The largest absolute Gasteiger partial charge is 0.367 e. The Labute approximate surface area is 128 Å². The van der Waals surface area contributed by atoms with Crippen molar-refractivity contribution in [2.75, 3.05) is 5.73 Å². The SMILES string of the molecule is Cc1cccc(-c2noc(N)c2-c2cccs2)c1I. The number of benzene rings is 1. The van der Waals surface area contributed by atoms with Gasteiger partial charge in [-0.3, -0.25) is 0 Å². The highest BCUT2D eigenvalue weighted by Crippen LogP contribution is 2.40. The van der Waals surface area contributed by atoms with Crippen LogP contribution in [0.5, 0.6) is 0 Å². The van der Waals surface area contributed by atoms with Gasteiger partial charge in [0.25, 0.3) is 0 Å². The Bertz CT molecular complexity index is 719. The van der Waals surface area contributed by atoms with E-state index < -0.39 is 0 Å².